The Kier molecular flexibility index (Phi) is 12.1. The van der Waals surface area contributed by atoms with E-state index in [1.165, 1.54) is 49.8 Å². The third-order valence-electron chi connectivity index (χ3n) is 12.7. The molecule has 0 aliphatic heterocycles. The molecule has 0 aliphatic carbocycles. The maximum Gasteiger partial charge on any atom is 0.0795 e. The Bertz CT molecular complexity index is 3570. The van der Waals surface area contributed by atoms with Crippen LogP contribution in [0.25, 0.3) is 81.1 Å². The van der Waals surface area contributed by atoms with Crippen LogP contribution in [-0.4, -0.2) is 22.6 Å². The van der Waals surface area contributed by atoms with Gasteiger partial charge >= 0.3 is 0 Å². The van der Waals surface area contributed by atoms with Gasteiger partial charge in [0.1, 0.15) is 0 Å². The number of hydrogen-bond acceptors (Lipinski definition) is 3. The van der Waals surface area contributed by atoms with Crippen LogP contribution in [0.15, 0.2) is 128 Å². The van der Waals surface area contributed by atoms with Crippen molar-refractivity contribution >= 4 is 77.3 Å². The molecule has 10 aromatic rings. The zero-order chi connectivity index (χ0) is 51.8. The number of thiophene rings is 1. The van der Waals surface area contributed by atoms with Gasteiger partial charge in [-0.05, 0) is 107 Å². The number of benzene rings is 7. The van der Waals surface area contributed by atoms with Crippen LogP contribution in [0.5, 0.6) is 0 Å². The van der Waals surface area contributed by atoms with Gasteiger partial charge in [0.05, 0.1) is 24.9 Å². The van der Waals surface area contributed by atoms with Gasteiger partial charge in [0.2, 0.25) is 0 Å². The van der Waals surface area contributed by atoms with E-state index in [1.54, 1.807) is 23.5 Å². The van der Waals surface area contributed by atoms with Gasteiger partial charge < -0.3 is 9.55 Å². The fourth-order valence-corrected chi connectivity index (χ4v) is 11.4. The van der Waals surface area contributed by atoms with Crippen molar-refractivity contribution in [1.82, 2.24) is 14.5 Å². The van der Waals surface area contributed by atoms with Crippen LogP contribution in [0.1, 0.15) is 115 Å². The summed E-state index contributed by atoms with van der Waals surface area (Å²) in [5, 5.41) is 8.16. The predicted molar refractivity (Wildman–Crippen MR) is 295 cm³/mol. The first-order chi connectivity index (χ1) is 33.8. The fourth-order valence-electron chi connectivity index (χ4n) is 9.17. The van der Waals surface area contributed by atoms with Crippen LogP contribution in [0.4, 0.5) is 0 Å². The van der Waals surface area contributed by atoms with Crippen LogP contribution in [0.2, 0.25) is 19.6 Å². The third-order valence-corrected chi connectivity index (χ3v) is 15.9. The quantitative estimate of drug-likeness (QED) is 0.0862. The Labute approximate surface area is 430 Å². The number of nitrogens with zero attached hydrogens (tertiary/aromatic N) is 3. The zero-order valence-corrected chi connectivity index (χ0v) is 45.7. The molecule has 0 unspecified atom stereocenters. The molecule has 0 amide bonds. The Balaban J connectivity index is 0.000000285. The van der Waals surface area contributed by atoms with E-state index < -0.39 is 26.7 Å². The van der Waals surface area contributed by atoms with Crippen LogP contribution >= 0.6 is 11.3 Å². The molecule has 10 rings (SSSR count). The molecule has 6 heteroatoms. The number of hydrogen-bond donors (Lipinski definition) is 0. The average molecular weight is 1110 g/mol. The molecule has 0 bridgehead atoms. The van der Waals surface area contributed by atoms with Gasteiger partial charge in [-0.25, -0.2) is 0 Å². The fraction of sp³-hybridized carbons (Fsp3) is 0.290. The van der Waals surface area contributed by atoms with Crippen molar-refractivity contribution in [3.05, 3.63) is 167 Å². The number of fused-ring (bicyclic) bond motifs is 7. The van der Waals surface area contributed by atoms with E-state index in [0.29, 0.717) is 17.0 Å². The van der Waals surface area contributed by atoms with Crippen molar-refractivity contribution < 1.29 is 27.0 Å². The molecule has 3 nitrogen and oxygen atoms in total. The molecule has 0 saturated carbocycles. The van der Waals surface area contributed by atoms with Gasteiger partial charge in [-0.2, -0.15) is 11.3 Å². The minimum absolute atomic E-state index is 0. The maximum absolute atomic E-state index is 9.56. The summed E-state index contributed by atoms with van der Waals surface area (Å²) in [7, 11) is -1.34. The normalized spacial score (nSPS) is 13.7. The summed E-state index contributed by atoms with van der Waals surface area (Å²) in [4.78, 5) is 9.89. The van der Waals surface area contributed by atoms with E-state index in [1.807, 2.05) is 39.1 Å². The van der Waals surface area contributed by atoms with E-state index in [2.05, 4.69) is 174 Å². The molecular weight excluding hydrogens is 1040 g/mol. The number of para-hydroxylation sites is 2. The third kappa shape index (κ3) is 9.68. The van der Waals surface area contributed by atoms with Gasteiger partial charge in [-0.3, -0.25) is 4.98 Å². The smallest absolute Gasteiger partial charge is 0.0795 e. The maximum atomic E-state index is 9.56. The number of rotatable bonds is 8. The second-order valence-corrected chi connectivity index (χ2v) is 27.2. The molecule has 68 heavy (non-hydrogen) atoms. The minimum Gasteiger partial charge on any atom is -0.333 e. The number of aryl methyl sites for hydroxylation is 1. The molecule has 349 valence electrons. The number of aromatic nitrogens is 3. The van der Waals surface area contributed by atoms with Gasteiger partial charge in [0.15, 0.2) is 0 Å². The van der Waals surface area contributed by atoms with Gasteiger partial charge in [0.25, 0.3) is 0 Å². The van der Waals surface area contributed by atoms with Crippen molar-refractivity contribution in [2.24, 2.45) is 5.41 Å². The van der Waals surface area contributed by atoms with E-state index in [9.17, 15) is 2.74 Å². The largest absolute Gasteiger partial charge is 0.333 e. The monoisotopic (exact) mass is 1110 g/mol. The molecule has 0 spiro atoms. The Hall–Kier alpha value is -5.23. The predicted octanol–water partition coefficient (Wildman–Crippen LogP) is 17.5. The van der Waals surface area contributed by atoms with Crippen LogP contribution < -0.4 is 5.19 Å². The summed E-state index contributed by atoms with van der Waals surface area (Å²) in [5.41, 5.74) is 10.1. The van der Waals surface area contributed by atoms with Gasteiger partial charge in [0, 0.05) is 43.5 Å². The number of imidazole rings is 1. The van der Waals surface area contributed by atoms with Crippen LogP contribution in [-0.2, 0) is 26.5 Å². The summed E-state index contributed by atoms with van der Waals surface area (Å²) in [6, 6.07) is 48.5. The first-order valence-electron chi connectivity index (χ1n) is 26.2. The molecule has 3 heterocycles. The van der Waals surface area contributed by atoms with E-state index in [4.69, 9.17) is 9.10 Å². The van der Waals surface area contributed by atoms with Crippen molar-refractivity contribution in [1.29, 1.82) is 0 Å². The van der Waals surface area contributed by atoms with Crippen molar-refractivity contribution in [3.63, 3.8) is 0 Å². The molecule has 0 saturated heterocycles. The van der Waals surface area contributed by atoms with E-state index >= 15 is 0 Å². The molecule has 7 aromatic carbocycles. The van der Waals surface area contributed by atoms with Crippen LogP contribution in [0.3, 0.4) is 0 Å². The first kappa shape index (κ1) is 42.8. The van der Waals surface area contributed by atoms with Gasteiger partial charge in [-0.1, -0.05) is 179 Å². The molecule has 0 atom stereocenters. The summed E-state index contributed by atoms with van der Waals surface area (Å²) in [6.07, 6.45) is 0.308. The van der Waals surface area contributed by atoms with Crippen molar-refractivity contribution in [3.8, 4) is 28.3 Å². The Morgan fingerprint density at radius 1 is 0.735 bits per heavy atom. The van der Waals surface area contributed by atoms with Crippen molar-refractivity contribution in [2.75, 3.05) is 0 Å². The zero-order valence-electron chi connectivity index (χ0n) is 46.4. The average Bonchev–Trinajstić information content (AvgIpc) is 3.90. The summed E-state index contributed by atoms with van der Waals surface area (Å²) in [6.45, 7) is 24.4. The Morgan fingerprint density at radius 2 is 1.44 bits per heavy atom. The second-order valence-electron chi connectivity index (χ2n) is 21.1. The van der Waals surface area contributed by atoms with E-state index in [-0.39, 0.29) is 31.9 Å². The van der Waals surface area contributed by atoms with E-state index in [0.717, 1.165) is 59.2 Å². The molecule has 3 aromatic heterocycles. The molecule has 1 radical (unpaired) electrons. The van der Waals surface area contributed by atoms with Crippen LogP contribution in [0, 0.1) is 24.4 Å². The Morgan fingerprint density at radius 3 is 2.07 bits per heavy atom. The number of pyridine rings is 1. The summed E-state index contributed by atoms with van der Waals surface area (Å²) in [5.74, 6) is 1.83. The molecule has 0 aliphatic rings. The molecular formula is C62H65IrN3SSi-2. The molecule has 0 fully saturated rings. The molecule has 0 N–H and O–H groups in total. The second kappa shape index (κ2) is 19.3. The first-order valence-corrected chi connectivity index (χ1v) is 28.0. The summed E-state index contributed by atoms with van der Waals surface area (Å²) < 4.78 is 45.7. The minimum atomic E-state index is -2.08. The topological polar surface area (TPSA) is 30.7 Å². The standard InChI is InChI=1S/C47H47N2S.C15H18NSi.Ir/c1-27(2)33-23-36(28(3)4)44(37(24-33)29(5)6)49-41-17-13-12-16-40(41)48-46(49)35-21-20-32(26-47(7,8)9)43-39-22-31-19-18-30-14-10-11-15-34(30)38(31)25-42(39)50-45(35)43;1-12-5-7-13(8-6-12)15-10-9-14(11-16-15)17(2,3)4;/h10-20,22-25,27-29H,26H2,1-9H3;5-7,9-11H,1-4H3;/q2*-1;/i26D2;1D3;. The SMILES string of the molecule is [2H]C([2H])([2H])c1c[c-]c(-c2ccc([Si](C)(C)C)cn2)cc1.[2H]C([2H])(c1c[c-]c(-c2nc3ccccc3n2-c2c(C(C)C)cc(C(C)C)cc2C(C)C)c2sc3cc4c(ccc5ccccc54)cc3c12)C(C)(C)C.[Ir]. The summed E-state index contributed by atoms with van der Waals surface area (Å²) >= 11 is 1.74. The van der Waals surface area contributed by atoms with Crippen molar-refractivity contribution in [2.45, 2.75) is 113 Å². The van der Waals surface area contributed by atoms with Gasteiger partial charge in [-0.15, -0.1) is 53.1 Å².